The van der Waals surface area contributed by atoms with Gasteiger partial charge < -0.3 is 0 Å². The van der Waals surface area contributed by atoms with E-state index in [4.69, 9.17) is 19.1 Å². The van der Waals surface area contributed by atoms with E-state index < -0.39 is 14.7 Å². The predicted octanol–water partition coefficient (Wildman–Crippen LogP) is 3.09. The molecule has 0 radical (unpaired) electrons. The van der Waals surface area contributed by atoms with Crippen molar-refractivity contribution in [1.29, 1.82) is 0 Å². The summed E-state index contributed by atoms with van der Waals surface area (Å²) in [6.07, 6.45) is 0. The molecule has 2 nitrogen and oxygen atoms in total. The fraction of sp³-hybridized carbons (Fsp3) is 0.625. The Hall–Kier alpha value is 1.04. The summed E-state index contributed by atoms with van der Waals surface area (Å²) in [6, 6.07) is 4.43. The minimum atomic E-state index is -1.69. The van der Waals surface area contributed by atoms with Crippen LogP contribution in [0.5, 0.6) is 0 Å². The van der Waals surface area contributed by atoms with Crippen LogP contribution in [0.25, 0.3) is 0 Å². The van der Waals surface area contributed by atoms with E-state index in [0.717, 1.165) is 47.3 Å². The van der Waals surface area contributed by atoms with Gasteiger partial charge in [0.1, 0.15) is 0 Å². The standard InChI is InChI=1S/C16H26N2.2ClH.2Pd/c1-5-17(6-2)13-15-9-11-16(12-10-15)14-18(7-3)8-4;;;;/h9,11H,5-8,13-14H2,1-4H3;2*1H;;/q;;;2*+1/p-2. The summed E-state index contributed by atoms with van der Waals surface area (Å²) in [5, 5.41) is 0. The molecule has 1 aromatic rings. The molecule has 22 heavy (non-hydrogen) atoms. The normalized spacial score (nSPS) is 12.4. The molecule has 0 heterocycles. The van der Waals surface area contributed by atoms with Gasteiger partial charge in [-0.1, -0.05) is 0 Å². The van der Waals surface area contributed by atoms with Crippen LogP contribution >= 0.6 is 19.1 Å². The molecule has 0 aliphatic heterocycles. The fourth-order valence-corrected chi connectivity index (χ4v) is 7.09. The van der Waals surface area contributed by atoms with Crippen LogP contribution in [-0.2, 0) is 47.0 Å². The Bertz CT molecular complexity index is 462. The van der Waals surface area contributed by atoms with E-state index in [1.54, 1.807) is 0 Å². The Kier molecular flexibility index (Phi) is 10.4. The molecular formula is C16H26Cl2N2Pd2. The van der Waals surface area contributed by atoms with E-state index in [2.05, 4.69) is 68.8 Å². The van der Waals surface area contributed by atoms with Crippen molar-refractivity contribution in [1.82, 2.24) is 9.80 Å². The zero-order valence-electron chi connectivity index (χ0n) is 13.7. The van der Waals surface area contributed by atoms with Crippen molar-refractivity contribution in [2.45, 2.75) is 40.8 Å². The van der Waals surface area contributed by atoms with Crippen LogP contribution in [0.4, 0.5) is 0 Å². The quantitative estimate of drug-likeness (QED) is 0.454. The first kappa shape index (κ1) is 21.1. The fourth-order valence-electron chi connectivity index (χ4n) is 2.34. The van der Waals surface area contributed by atoms with Gasteiger partial charge >= 0.3 is 161 Å². The number of benzene rings is 1. The summed E-state index contributed by atoms with van der Waals surface area (Å²) in [6.45, 7) is 14.8. The Morgan fingerprint density at radius 2 is 1.27 bits per heavy atom. The second-order valence-electron chi connectivity index (χ2n) is 5.04. The number of nitrogens with zero attached hydrogens (tertiary/aromatic N) is 2. The third-order valence-electron chi connectivity index (χ3n) is 3.87. The number of hydrogen-bond acceptors (Lipinski definition) is 2. The van der Waals surface area contributed by atoms with Gasteiger partial charge in [0.05, 0.1) is 0 Å². The molecule has 0 unspecified atom stereocenters. The molecule has 0 bridgehead atoms. The average Bonchev–Trinajstić information content (AvgIpc) is 2.51. The van der Waals surface area contributed by atoms with Gasteiger partial charge in [0.2, 0.25) is 0 Å². The van der Waals surface area contributed by atoms with Crippen LogP contribution in [0, 0.1) is 0 Å². The molecule has 0 aromatic heterocycles. The summed E-state index contributed by atoms with van der Waals surface area (Å²) in [5.41, 5.74) is 2.55. The number of rotatable bonds is 9. The summed E-state index contributed by atoms with van der Waals surface area (Å²) in [7, 11) is 12.8. The van der Waals surface area contributed by atoms with E-state index >= 15 is 0 Å². The molecule has 1 rings (SSSR count). The topological polar surface area (TPSA) is 6.48 Å². The maximum atomic E-state index is 6.39. The molecule has 0 atom stereocenters. The van der Waals surface area contributed by atoms with Gasteiger partial charge in [-0.15, -0.1) is 0 Å². The molecule has 0 saturated carbocycles. The van der Waals surface area contributed by atoms with E-state index in [1.807, 2.05) is 0 Å². The zero-order chi connectivity index (χ0) is 16.7. The Morgan fingerprint density at radius 3 is 1.68 bits per heavy atom. The van der Waals surface area contributed by atoms with Gasteiger partial charge in [0, 0.05) is 0 Å². The molecule has 0 spiro atoms. The number of halogens is 2. The van der Waals surface area contributed by atoms with E-state index in [9.17, 15) is 0 Å². The van der Waals surface area contributed by atoms with Crippen molar-refractivity contribution in [2.24, 2.45) is 0 Å². The molecule has 0 aliphatic rings. The van der Waals surface area contributed by atoms with Gasteiger partial charge in [0.15, 0.2) is 0 Å². The van der Waals surface area contributed by atoms with E-state index in [-0.39, 0.29) is 0 Å². The van der Waals surface area contributed by atoms with E-state index in [0.29, 0.717) is 0 Å². The van der Waals surface area contributed by atoms with Crippen molar-refractivity contribution in [2.75, 3.05) is 26.2 Å². The second kappa shape index (κ2) is 10.8. The van der Waals surface area contributed by atoms with Crippen LogP contribution in [-0.4, -0.2) is 36.0 Å². The molecular weight excluding hydrogens is 504 g/mol. The molecule has 0 N–H and O–H groups in total. The molecule has 0 aliphatic carbocycles. The minimum absolute atomic E-state index is 0.913. The monoisotopic (exact) mass is 528 g/mol. The van der Waals surface area contributed by atoms with Crippen LogP contribution in [0.15, 0.2) is 12.1 Å². The van der Waals surface area contributed by atoms with Crippen LogP contribution < -0.4 is 8.07 Å². The molecule has 1 aromatic carbocycles. The van der Waals surface area contributed by atoms with E-state index in [1.165, 1.54) is 11.1 Å². The van der Waals surface area contributed by atoms with Gasteiger partial charge in [-0.05, 0) is 0 Å². The van der Waals surface area contributed by atoms with Crippen molar-refractivity contribution in [3.63, 3.8) is 0 Å². The molecule has 0 fully saturated rings. The van der Waals surface area contributed by atoms with Crippen LogP contribution in [0.1, 0.15) is 38.8 Å². The third-order valence-corrected chi connectivity index (χ3v) is 8.11. The maximum absolute atomic E-state index is 6.39. The van der Waals surface area contributed by atoms with Gasteiger partial charge in [0.25, 0.3) is 0 Å². The first-order chi connectivity index (χ1) is 10.5. The predicted molar refractivity (Wildman–Crippen MR) is 90.7 cm³/mol. The van der Waals surface area contributed by atoms with Gasteiger partial charge in [-0.3, -0.25) is 0 Å². The average molecular weight is 530 g/mol. The summed E-state index contributed by atoms with van der Waals surface area (Å²) in [5.74, 6) is 0. The van der Waals surface area contributed by atoms with Gasteiger partial charge in [-0.25, -0.2) is 0 Å². The molecule has 134 valence electrons. The van der Waals surface area contributed by atoms with Crippen LogP contribution in [0.2, 0.25) is 0 Å². The summed E-state index contributed by atoms with van der Waals surface area (Å²) in [4.78, 5) is 4.79. The molecule has 6 heteroatoms. The van der Waals surface area contributed by atoms with Crippen LogP contribution in [0.3, 0.4) is 0 Å². The number of hydrogen-bond donors (Lipinski definition) is 0. The molecule has 0 saturated heterocycles. The van der Waals surface area contributed by atoms with Crippen molar-refractivity contribution < 1.29 is 33.9 Å². The zero-order valence-corrected chi connectivity index (χ0v) is 18.3. The first-order valence-corrected chi connectivity index (χ1v) is 13.2. The first-order valence-electron chi connectivity index (χ1n) is 7.65. The Morgan fingerprint density at radius 1 is 0.864 bits per heavy atom. The summed E-state index contributed by atoms with van der Waals surface area (Å²) >= 11 is 1.76. The molecule has 0 amide bonds. The second-order valence-corrected chi connectivity index (χ2v) is 11.0. The Labute approximate surface area is 160 Å². The third kappa shape index (κ3) is 5.84. The van der Waals surface area contributed by atoms with Crippen molar-refractivity contribution >= 4 is 27.1 Å². The van der Waals surface area contributed by atoms with Gasteiger partial charge in [-0.2, -0.15) is 0 Å². The SMILES string of the molecule is CCN(CC)Cc1ccc(CN(CC)CC)[c]([Pd-]([Cl])[Cl])[c]1[Pd+]. The van der Waals surface area contributed by atoms with Crippen molar-refractivity contribution in [3.8, 4) is 0 Å². The summed E-state index contributed by atoms with van der Waals surface area (Å²) < 4.78 is 2.29. The van der Waals surface area contributed by atoms with Crippen molar-refractivity contribution in [3.05, 3.63) is 23.3 Å². The Balaban J connectivity index is 3.13.